The van der Waals surface area contributed by atoms with Gasteiger partial charge in [-0.1, -0.05) is 0 Å². The number of ether oxygens (including phenoxy) is 1. The van der Waals surface area contributed by atoms with Gasteiger partial charge in [0.1, 0.15) is 0 Å². The standard InChI is InChI=1S/C12H22ClNO/c13-12-3-1-10(2-4-12)7-14-8-11-5-6-15-9-11/h10-12,14H,1-9H2. The van der Waals surface area contributed by atoms with Gasteiger partial charge in [0.05, 0.1) is 6.61 Å². The molecule has 0 spiro atoms. The third-order valence-corrected chi connectivity index (χ3v) is 4.10. The Morgan fingerprint density at radius 3 is 2.40 bits per heavy atom. The van der Waals surface area contributed by atoms with Gasteiger partial charge in [-0.25, -0.2) is 0 Å². The highest BCUT2D eigenvalue weighted by Crippen LogP contribution is 2.27. The topological polar surface area (TPSA) is 21.3 Å². The Labute approximate surface area is 97.7 Å². The van der Waals surface area contributed by atoms with Crippen molar-refractivity contribution in [3.63, 3.8) is 0 Å². The molecule has 0 amide bonds. The second-order valence-electron chi connectivity index (χ2n) is 5.01. The van der Waals surface area contributed by atoms with Gasteiger partial charge in [0.15, 0.2) is 0 Å². The van der Waals surface area contributed by atoms with Crippen molar-refractivity contribution in [3.8, 4) is 0 Å². The molecule has 1 aliphatic heterocycles. The van der Waals surface area contributed by atoms with Gasteiger partial charge in [0.2, 0.25) is 0 Å². The van der Waals surface area contributed by atoms with Crippen molar-refractivity contribution in [2.24, 2.45) is 11.8 Å². The van der Waals surface area contributed by atoms with Gasteiger partial charge in [-0.15, -0.1) is 11.6 Å². The van der Waals surface area contributed by atoms with Gasteiger partial charge >= 0.3 is 0 Å². The SMILES string of the molecule is ClC1CCC(CNCC2CCOC2)CC1. The van der Waals surface area contributed by atoms with E-state index in [1.54, 1.807) is 0 Å². The van der Waals surface area contributed by atoms with E-state index >= 15 is 0 Å². The molecular weight excluding hydrogens is 210 g/mol. The van der Waals surface area contributed by atoms with Crippen LogP contribution in [0.4, 0.5) is 0 Å². The summed E-state index contributed by atoms with van der Waals surface area (Å²) in [4.78, 5) is 0. The van der Waals surface area contributed by atoms with E-state index in [1.807, 2.05) is 0 Å². The summed E-state index contributed by atoms with van der Waals surface area (Å²) in [7, 11) is 0. The largest absolute Gasteiger partial charge is 0.381 e. The Balaban J connectivity index is 1.53. The van der Waals surface area contributed by atoms with E-state index in [2.05, 4.69) is 5.32 Å². The summed E-state index contributed by atoms with van der Waals surface area (Å²) in [5, 5.41) is 4.04. The molecule has 2 rings (SSSR count). The molecule has 0 aromatic heterocycles. The number of halogens is 1. The number of hydrogen-bond donors (Lipinski definition) is 1. The van der Waals surface area contributed by atoms with Gasteiger partial charge in [-0.05, 0) is 50.5 Å². The van der Waals surface area contributed by atoms with Crippen LogP contribution in [-0.4, -0.2) is 31.7 Å². The number of alkyl halides is 1. The van der Waals surface area contributed by atoms with Crippen LogP contribution in [0.1, 0.15) is 32.1 Å². The zero-order valence-electron chi connectivity index (χ0n) is 9.38. The lowest BCUT2D eigenvalue weighted by molar-refractivity contribution is 0.184. The average Bonchev–Trinajstić information content (AvgIpc) is 2.74. The van der Waals surface area contributed by atoms with Crippen molar-refractivity contribution < 1.29 is 4.74 Å². The summed E-state index contributed by atoms with van der Waals surface area (Å²) in [6.07, 6.45) is 6.27. The predicted octanol–water partition coefficient (Wildman–Crippen LogP) is 2.41. The van der Waals surface area contributed by atoms with Crippen LogP contribution in [0.3, 0.4) is 0 Å². The first-order valence-corrected chi connectivity index (χ1v) is 6.71. The highest BCUT2D eigenvalue weighted by atomic mass is 35.5. The smallest absolute Gasteiger partial charge is 0.0507 e. The first kappa shape index (κ1) is 11.7. The molecule has 0 aromatic rings. The van der Waals surface area contributed by atoms with Crippen LogP contribution in [0.5, 0.6) is 0 Å². The fourth-order valence-electron chi connectivity index (χ4n) is 2.56. The summed E-state index contributed by atoms with van der Waals surface area (Å²) in [5.41, 5.74) is 0. The fourth-order valence-corrected chi connectivity index (χ4v) is 2.81. The van der Waals surface area contributed by atoms with Gasteiger partial charge in [0, 0.05) is 18.5 Å². The highest BCUT2D eigenvalue weighted by molar-refractivity contribution is 6.20. The molecule has 1 N–H and O–H groups in total. The minimum absolute atomic E-state index is 0.449. The molecule has 1 heterocycles. The van der Waals surface area contributed by atoms with Crippen molar-refractivity contribution in [1.29, 1.82) is 0 Å². The molecule has 0 bridgehead atoms. The molecule has 88 valence electrons. The first-order chi connectivity index (χ1) is 7.34. The van der Waals surface area contributed by atoms with Crippen LogP contribution in [0.25, 0.3) is 0 Å². The predicted molar refractivity (Wildman–Crippen MR) is 63.4 cm³/mol. The van der Waals surface area contributed by atoms with E-state index in [4.69, 9.17) is 16.3 Å². The van der Waals surface area contributed by atoms with Gasteiger partial charge < -0.3 is 10.1 Å². The maximum absolute atomic E-state index is 6.08. The Morgan fingerprint density at radius 2 is 1.73 bits per heavy atom. The minimum Gasteiger partial charge on any atom is -0.381 e. The Bertz CT molecular complexity index is 174. The Kier molecular flexibility index (Phi) is 4.73. The van der Waals surface area contributed by atoms with Crippen LogP contribution in [0, 0.1) is 11.8 Å². The Hall–Kier alpha value is 0.210. The summed E-state index contributed by atoms with van der Waals surface area (Å²) in [6, 6.07) is 0. The number of nitrogens with one attached hydrogen (secondary N) is 1. The minimum atomic E-state index is 0.449. The summed E-state index contributed by atoms with van der Waals surface area (Å²) in [6.45, 7) is 4.24. The van der Waals surface area contributed by atoms with E-state index in [1.165, 1.54) is 38.6 Å². The Morgan fingerprint density at radius 1 is 1.00 bits per heavy atom. The molecule has 2 fully saturated rings. The van der Waals surface area contributed by atoms with E-state index in [-0.39, 0.29) is 0 Å². The van der Waals surface area contributed by atoms with E-state index < -0.39 is 0 Å². The van der Waals surface area contributed by atoms with E-state index in [9.17, 15) is 0 Å². The lowest BCUT2D eigenvalue weighted by Gasteiger charge is -2.25. The maximum Gasteiger partial charge on any atom is 0.0507 e. The van der Waals surface area contributed by atoms with Crippen LogP contribution < -0.4 is 5.32 Å². The molecule has 1 aliphatic carbocycles. The maximum atomic E-state index is 6.08. The normalized spacial score (nSPS) is 37.0. The summed E-state index contributed by atoms with van der Waals surface area (Å²) < 4.78 is 5.36. The third kappa shape index (κ3) is 3.93. The second-order valence-corrected chi connectivity index (χ2v) is 5.62. The molecule has 2 nitrogen and oxygen atoms in total. The molecule has 1 atom stereocenters. The third-order valence-electron chi connectivity index (χ3n) is 3.67. The molecule has 0 radical (unpaired) electrons. The van der Waals surface area contributed by atoms with Crippen LogP contribution in [0.15, 0.2) is 0 Å². The van der Waals surface area contributed by atoms with Crippen LogP contribution >= 0.6 is 11.6 Å². The van der Waals surface area contributed by atoms with Crippen molar-refractivity contribution in [2.75, 3.05) is 26.3 Å². The summed E-state index contributed by atoms with van der Waals surface area (Å²) >= 11 is 6.08. The van der Waals surface area contributed by atoms with E-state index in [0.717, 1.165) is 31.6 Å². The van der Waals surface area contributed by atoms with Gasteiger partial charge in [-0.3, -0.25) is 0 Å². The molecule has 1 unspecified atom stereocenters. The lowest BCUT2D eigenvalue weighted by atomic mass is 9.89. The zero-order valence-corrected chi connectivity index (χ0v) is 10.1. The second kappa shape index (κ2) is 6.07. The molecule has 1 saturated heterocycles. The molecule has 3 heteroatoms. The number of rotatable bonds is 4. The van der Waals surface area contributed by atoms with Crippen molar-refractivity contribution in [3.05, 3.63) is 0 Å². The van der Waals surface area contributed by atoms with Gasteiger partial charge in [-0.2, -0.15) is 0 Å². The fraction of sp³-hybridized carbons (Fsp3) is 1.00. The molecule has 2 aliphatic rings. The quantitative estimate of drug-likeness (QED) is 0.751. The molecule has 15 heavy (non-hydrogen) atoms. The summed E-state index contributed by atoms with van der Waals surface area (Å²) in [5.74, 6) is 1.62. The molecule has 0 aromatic carbocycles. The van der Waals surface area contributed by atoms with Crippen molar-refractivity contribution >= 4 is 11.6 Å². The van der Waals surface area contributed by atoms with Crippen molar-refractivity contribution in [1.82, 2.24) is 5.32 Å². The molecule has 1 saturated carbocycles. The van der Waals surface area contributed by atoms with Crippen molar-refractivity contribution in [2.45, 2.75) is 37.5 Å². The monoisotopic (exact) mass is 231 g/mol. The average molecular weight is 232 g/mol. The van der Waals surface area contributed by atoms with Gasteiger partial charge in [0.25, 0.3) is 0 Å². The first-order valence-electron chi connectivity index (χ1n) is 6.27. The lowest BCUT2D eigenvalue weighted by Crippen LogP contribution is -2.30. The highest BCUT2D eigenvalue weighted by Gasteiger charge is 2.20. The zero-order chi connectivity index (χ0) is 10.5. The van der Waals surface area contributed by atoms with Crippen LogP contribution in [0.2, 0.25) is 0 Å². The van der Waals surface area contributed by atoms with Crippen LogP contribution in [-0.2, 0) is 4.74 Å². The molecular formula is C12H22ClNO. The number of hydrogen-bond acceptors (Lipinski definition) is 2. The van der Waals surface area contributed by atoms with E-state index in [0.29, 0.717) is 5.38 Å².